The van der Waals surface area contributed by atoms with Crippen LogP contribution < -0.4 is 0 Å². The van der Waals surface area contributed by atoms with Crippen molar-refractivity contribution in [1.29, 1.82) is 0 Å². The van der Waals surface area contributed by atoms with Crippen LogP contribution in [-0.4, -0.2) is 25.2 Å². The predicted octanol–water partition coefficient (Wildman–Crippen LogP) is 1.69. The molecule has 0 spiro atoms. The summed E-state index contributed by atoms with van der Waals surface area (Å²) in [5, 5.41) is 0. The van der Waals surface area contributed by atoms with Crippen molar-refractivity contribution in [3.8, 4) is 0 Å². The van der Waals surface area contributed by atoms with Crippen LogP contribution >= 0.6 is 0 Å². The average molecular weight is 214 g/mol. The van der Waals surface area contributed by atoms with Crippen LogP contribution in [0.5, 0.6) is 0 Å². The zero-order valence-corrected chi connectivity index (χ0v) is 9.87. The summed E-state index contributed by atoms with van der Waals surface area (Å²) in [4.78, 5) is 22.4. The predicted molar refractivity (Wildman–Crippen MR) is 56.2 cm³/mol. The number of esters is 2. The lowest BCUT2D eigenvalue weighted by atomic mass is 10.1. The second-order valence-electron chi connectivity index (χ2n) is 3.63. The van der Waals surface area contributed by atoms with Gasteiger partial charge in [0.25, 0.3) is 0 Å². The third kappa shape index (κ3) is 5.20. The number of rotatable bonds is 4. The van der Waals surface area contributed by atoms with E-state index in [1.165, 1.54) is 14.0 Å². The maximum absolute atomic E-state index is 11.4. The Balaban J connectivity index is 4.25. The van der Waals surface area contributed by atoms with Crippen molar-refractivity contribution in [2.24, 2.45) is 5.92 Å². The Kier molecular flexibility index (Phi) is 5.67. The van der Waals surface area contributed by atoms with Gasteiger partial charge in [0.15, 0.2) is 6.10 Å². The second kappa shape index (κ2) is 6.22. The van der Waals surface area contributed by atoms with Crippen LogP contribution in [0.2, 0.25) is 0 Å². The first-order valence-corrected chi connectivity index (χ1v) is 4.81. The van der Waals surface area contributed by atoms with E-state index in [1.54, 1.807) is 13.0 Å². The Bertz CT molecular complexity index is 264. The number of carbonyl (C=O) groups is 2. The van der Waals surface area contributed by atoms with Crippen molar-refractivity contribution < 1.29 is 19.1 Å². The maximum atomic E-state index is 11.4. The molecule has 0 aliphatic heterocycles. The van der Waals surface area contributed by atoms with Crippen LogP contribution in [0.1, 0.15) is 27.7 Å². The van der Waals surface area contributed by atoms with Crippen molar-refractivity contribution in [2.45, 2.75) is 33.8 Å². The first-order valence-electron chi connectivity index (χ1n) is 4.81. The molecule has 0 amide bonds. The van der Waals surface area contributed by atoms with Gasteiger partial charge in [0.2, 0.25) is 0 Å². The minimum absolute atomic E-state index is 0.345. The van der Waals surface area contributed by atoms with E-state index < -0.39 is 18.0 Å². The molecular weight excluding hydrogens is 196 g/mol. The Hall–Kier alpha value is -1.32. The SMILES string of the molecule is COC(=O)[C@H](C)OC(=O)[C@@H](C)C=C(C)C. The van der Waals surface area contributed by atoms with Crippen LogP contribution in [-0.2, 0) is 19.1 Å². The highest BCUT2D eigenvalue weighted by Gasteiger charge is 2.20. The van der Waals surface area contributed by atoms with Gasteiger partial charge in [0.1, 0.15) is 0 Å². The number of carbonyl (C=O) groups excluding carboxylic acids is 2. The molecule has 15 heavy (non-hydrogen) atoms. The summed E-state index contributed by atoms with van der Waals surface area (Å²) >= 11 is 0. The lowest BCUT2D eigenvalue weighted by molar-refractivity contribution is -0.166. The molecule has 0 aromatic rings. The molecule has 0 aliphatic carbocycles. The fourth-order valence-electron chi connectivity index (χ4n) is 1.06. The summed E-state index contributed by atoms with van der Waals surface area (Å²) in [5.41, 5.74) is 1.03. The standard InChI is InChI=1S/C11H18O4/c1-7(2)6-8(3)10(12)15-9(4)11(13)14-5/h6,8-9H,1-5H3/t8-,9-/m0/s1. The third-order valence-electron chi connectivity index (χ3n) is 1.78. The highest BCUT2D eigenvalue weighted by Crippen LogP contribution is 2.07. The van der Waals surface area contributed by atoms with Gasteiger partial charge in [0, 0.05) is 0 Å². The molecule has 0 N–H and O–H groups in total. The summed E-state index contributed by atoms with van der Waals surface area (Å²) < 4.78 is 9.35. The molecule has 0 heterocycles. The van der Waals surface area contributed by atoms with Gasteiger partial charge in [0.05, 0.1) is 13.0 Å². The van der Waals surface area contributed by atoms with Gasteiger partial charge in [-0.2, -0.15) is 0 Å². The van der Waals surface area contributed by atoms with Gasteiger partial charge < -0.3 is 9.47 Å². The quantitative estimate of drug-likeness (QED) is 0.528. The van der Waals surface area contributed by atoms with Crippen LogP contribution in [0.3, 0.4) is 0 Å². The monoisotopic (exact) mass is 214 g/mol. The lowest BCUT2D eigenvalue weighted by Crippen LogP contribution is -2.27. The molecule has 0 unspecified atom stereocenters. The fraction of sp³-hybridized carbons (Fsp3) is 0.636. The van der Waals surface area contributed by atoms with Gasteiger partial charge in [-0.25, -0.2) is 4.79 Å². The van der Waals surface area contributed by atoms with Gasteiger partial charge in [-0.3, -0.25) is 4.79 Å². The summed E-state index contributed by atoms with van der Waals surface area (Å²) in [7, 11) is 1.26. The number of hydrogen-bond acceptors (Lipinski definition) is 4. The van der Waals surface area contributed by atoms with Crippen LogP contribution in [0, 0.1) is 5.92 Å². The van der Waals surface area contributed by atoms with Crippen LogP contribution in [0.4, 0.5) is 0 Å². The molecule has 0 aromatic carbocycles. The highest BCUT2D eigenvalue weighted by molar-refractivity contribution is 5.80. The molecule has 4 nitrogen and oxygen atoms in total. The molecule has 0 fully saturated rings. The third-order valence-corrected chi connectivity index (χ3v) is 1.78. The minimum atomic E-state index is -0.851. The van der Waals surface area contributed by atoms with E-state index in [1.807, 2.05) is 13.8 Å². The summed E-state index contributed by atoms with van der Waals surface area (Å²) in [6, 6.07) is 0. The van der Waals surface area contributed by atoms with Crippen molar-refractivity contribution in [3.05, 3.63) is 11.6 Å². The number of ether oxygens (including phenoxy) is 2. The van der Waals surface area contributed by atoms with Gasteiger partial charge in [-0.05, 0) is 27.7 Å². The van der Waals surface area contributed by atoms with Crippen molar-refractivity contribution >= 4 is 11.9 Å². The molecule has 0 radical (unpaired) electrons. The van der Waals surface area contributed by atoms with E-state index in [2.05, 4.69) is 4.74 Å². The van der Waals surface area contributed by atoms with E-state index in [0.717, 1.165) is 5.57 Å². The highest BCUT2D eigenvalue weighted by atomic mass is 16.6. The van der Waals surface area contributed by atoms with Crippen LogP contribution in [0.25, 0.3) is 0 Å². The first-order chi connectivity index (χ1) is 6.88. The Morgan fingerprint density at radius 1 is 1.13 bits per heavy atom. The molecule has 0 aliphatic rings. The number of allylic oxidation sites excluding steroid dienone is 1. The molecule has 0 saturated heterocycles. The molecule has 0 saturated carbocycles. The molecule has 0 rings (SSSR count). The van der Waals surface area contributed by atoms with Crippen molar-refractivity contribution in [2.75, 3.05) is 7.11 Å². The summed E-state index contributed by atoms with van der Waals surface area (Å²) in [6.07, 6.45) is 0.933. The number of methoxy groups -OCH3 is 1. The normalized spacial score (nSPS) is 13.7. The summed E-state index contributed by atoms with van der Waals surface area (Å²) in [5.74, 6) is -1.32. The van der Waals surface area contributed by atoms with Gasteiger partial charge >= 0.3 is 11.9 Å². The van der Waals surface area contributed by atoms with Gasteiger partial charge in [-0.15, -0.1) is 0 Å². The largest absolute Gasteiger partial charge is 0.466 e. The van der Waals surface area contributed by atoms with Crippen LogP contribution in [0.15, 0.2) is 11.6 Å². The molecular formula is C11H18O4. The van der Waals surface area contributed by atoms with E-state index in [4.69, 9.17) is 4.74 Å². The minimum Gasteiger partial charge on any atom is -0.466 e. The molecule has 0 aromatic heterocycles. The van der Waals surface area contributed by atoms with Crippen molar-refractivity contribution in [1.82, 2.24) is 0 Å². The smallest absolute Gasteiger partial charge is 0.346 e. The molecule has 4 heteroatoms. The average Bonchev–Trinajstić information content (AvgIpc) is 2.15. The van der Waals surface area contributed by atoms with E-state index in [-0.39, 0.29) is 5.92 Å². The Morgan fingerprint density at radius 3 is 2.07 bits per heavy atom. The maximum Gasteiger partial charge on any atom is 0.346 e. The topological polar surface area (TPSA) is 52.6 Å². The first kappa shape index (κ1) is 13.7. The van der Waals surface area contributed by atoms with E-state index in [0.29, 0.717) is 0 Å². The van der Waals surface area contributed by atoms with Crippen molar-refractivity contribution in [3.63, 3.8) is 0 Å². The van der Waals surface area contributed by atoms with E-state index >= 15 is 0 Å². The zero-order chi connectivity index (χ0) is 12.0. The fourth-order valence-corrected chi connectivity index (χ4v) is 1.06. The lowest BCUT2D eigenvalue weighted by Gasteiger charge is -2.13. The summed E-state index contributed by atoms with van der Waals surface area (Å²) in [6.45, 7) is 7.00. The van der Waals surface area contributed by atoms with E-state index in [9.17, 15) is 9.59 Å². The Labute approximate surface area is 90.2 Å². The Morgan fingerprint density at radius 2 is 1.67 bits per heavy atom. The van der Waals surface area contributed by atoms with Gasteiger partial charge in [-0.1, -0.05) is 11.6 Å². The second-order valence-corrected chi connectivity index (χ2v) is 3.63. The molecule has 0 bridgehead atoms. The molecule has 86 valence electrons. The number of hydrogen-bond donors (Lipinski definition) is 0. The zero-order valence-electron chi connectivity index (χ0n) is 9.87. The molecule has 2 atom stereocenters.